The number of carbonyl (C=O) groups is 1. The molecule has 1 atom stereocenters. The maximum absolute atomic E-state index is 11.8. The van der Waals surface area contributed by atoms with Gasteiger partial charge in [0.05, 0.1) is 30.3 Å². The summed E-state index contributed by atoms with van der Waals surface area (Å²) in [6.45, 7) is -0.659. The van der Waals surface area contributed by atoms with Crippen LogP contribution in [0.15, 0.2) is 18.2 Å². The minimum absolute atomic E-state index is 0.0122. The molecule has 0 saturated carbocycles. The fourth-order valence-electron chi connectivity index (χ4n) is 1.36. The van der Waals surface area contributed by atoms with Gasteiger partial charge in [0, 0.05) is 18.7 Å². The Morgan fingerprint density at radius 1 is 1.58 bits per heavy atom. The van der Waals surface area contributed by atoms with Gasteiger partial charge < -0.3 is 20.3 Å². The molecule has 8 heteroatoms. The number of rotatable bonds is 6. The first kappa shape index (κ1) is 14.9. The summed E-state index contributed by atoms with van der Waals surface area (Å²) >= 11 is 0. The van der Waals surface area contributed by atoms with Gasteiger partial charge in [-0.25, -0.2) is 0 Å². The monoisotopic (exact) mass is 270 g/mol. The van der Waals surface area contributed by atoms with Crippen molar-refractivity contribution in [3.63, 3.8) is 0 Å². The fraction of sp³-hybridized carbons (Fsp3) is 0.364. The first-order valence-corrected chi connectivity index (χ1v) is 5.39. The van der Waals surface area contributed by atoms with Crippen molar-refractivity contribution in [2.24, 2.45) is 0 Å². The molecule has 1 unspecified atom stereocenters. The topological polar surface area (TPSA) is 122 Å². The largest absolute Gasteiger partial charge is 0.496 e. The number of amides is 1. The summed E-state index contributed by atoms with van der Waals surface area (Å²) in [7, 11) is 1.33. The van der Waals surface area contributed by atoms with Gasteiger partial charge in [-0.1, -0.05) is 0 Å². The molecule has 1 rings (SSSR count). The van der Waals surface area contributed by atoms with Crippen molar-refractivity contribution in [2.75, 3.05) is 20.3 Å². The van der Waals surface area contributed by atoms with Crippen molar-refractivity contribution >= 4 is 11.6 Å². The average Bonchev–Trinajstić information content (AvgIpc) is 2.43. The van der Waals surface area contributed by atoms with Crippen molar-refractivity contribution in [3.8, 4) is 5.75 Å². The van der Waals surface area contributed by atoms with E-state index in [0.29, 0.717) is 0 Å². The maximum Gasteiger partial charge on any atom is 0.270 e. The maximum atomic E-state index is 11.8. The lowest BCUT2D eigenvalue weighted by Crippen LogP contribution is -2.34. The first-order chi connectivity index (χ1) is 8.99. The van der Waals surface area contributed by atoms with Gasteiger partial charge >= 0.3 is 0 Å². The SMILES string of the molecule is COc1ccc([N+](=O)[O-])cc1C(=O)NCC(O)CO. The molecule has 0 spiro atoms. The van der Waals surface area contributed by atoms with Crippen LogP contribution in [0.25, 0.3) is 0 Å². The van der Waals surface area contributed by atoms with Crippen molar-refractivity contribution in [2.45, 2.75) is 6.10 Å². The molecule has 1 aromatic rings. The Hall–Kier alpha value is -2.19. The zero-order chi connectivity index (χ0) is 14.4. The molecule has 0 heterocycles. The predicted octanol–water partition coefficient (Wildman–Crippen LogP) is -0.314. The Labute approximate surface area is 108 Å². The summed E-state index contributed by atoms with van der Waals surface area (Å²) in [4.78, 5) is 21.8. The standard InChI is InChI=1S/C11H14N2O6/c1-19-10-3-2-7(13(17)18)4-9(10)11(16)12-5-8(15)6-14/h2-4,8,14-15H,5-6H2,1H3,(H,12,16). The van der Waals surface area contributed by atoms with Crippen molar-refractivity contribution in [3.05, 3.63) is 33.9 Å². The Bertz CT molecular complexity index is 476. The van der Waals surface area contributed by atoms with E-state index < -0.39 is 23.5 Å². The summed E-state index contributed by atoms with van der Waals surface area (Å²) in [6, 6.07) is 3.62. The molecule has 0 radical (unpaired) electrons. The molecular weight excluding hydrogens is 256 g/mol. The summed E-state index contributed by atoms with van der Waals surface area (Å²) in [5.41, 5.74) is -0.254. The van der Waals surface area contributed by atoms with E-state index in [1.165, 1.54) is 19.2 Å². The highest BCUT2D eigenvalue weighted by molar-refractivity contribution is 5.97. The number of non-ortho nitro benzene ring substituents is 1. The zero-order valence-electron chi connectivity index (χ0n) is 10.2. The van der Waals surface area contributed by atoms with E-state index in [9.17, 15) is 14.9 Å². The van der Waals surface area contributed by atoms with E-state index in [4.69, 9.17) is 14.9 Å². The summed E-state index contributed by atoms with van der Waals surface area (Å²) < 4.78 is 4.94. The number of ether oxygens (including phenoxy) is 1. The van der Waals surface area contributed by atoms with Crippen LogP contribution in [-0.2, 0) is 0 Å². The second kappa shape index (κ2) is 6.66. The Kier molecular flexibility index (Phi) is 5.22. The highest BCUT2D eigenvalue weighted by Crippen LogP contribution is 2.23. The number of nitro benzene ring substituents is 1. The first-order valence-electron chi connectivity index (χ1n) is 5.39. The molecule has 0 aliphatic carbocycles. The van der Waals surface area contributed by atoms with Gasteiger partial charge in [0.1, 0.15) is 5.75 Å². The number of nitrogens with one attached hydrogen (secondary N) is 1. The van der Waals surface area contributed by atoms with Crippen molar-refractivity contribution in [1.29, 1.82) is 0 Å². The van der Waals surface area contributed by atoms with Crippen LogP contribution >= 0.6 is 0 Å². The number of hydrogen-bond donors (Lipinski definition) is 3. The highest BCUT2D eigenvalue weighted by atomic mass is 16.6. The number of aliphatic hydroxyl groups excluding tert-OH is 2. The molecule has 1 aromatic carbocycles. The van der Waals surface area contributed by atoms with Crippen LogP contribution in [0.5, 0.6) is 5.75 Å². The average molecular weight is 270 g/mol. The number of hydrogen-bond acceptors (Lipinski definition) is 6. The van der Waals surface area contributed by atoms with E-state index in [0.717, 1.165) is 6.07 Å². The number of methoxy groups -OCH3 is 1. The molecule has 0 aliphatic heterocycles. The fourth-order valence-corrected chi connectivity index (χ4v) is 1.36. The molecule has 0 bridgehead atoms. The predicted molar refractivity (Wildman–Crippen MR) is 65.1 cm³/mol. The normalized spacial score (nSPS) is 11.7. The zero-order valence-corrected chi connectivity index (χ0v) is 10.2. The highest BCUT2D eigenvalue weighted by Gasteiger charge is 2.17. The van der Waals surface area contributed by atoms with Gasteiger partial charge in [0.15, 0.2) is 0 Å². The summed E-state index contributed by atoms with van der Waals surface area (Å²) in [5.74, 6) is -0.449. The van der Waals surface area contributed by atoms with Crippen molar-refractivity contribution < 1.29 is 24.7 Å². The molecule has 104 valence electrons. The van der Waals surface area contributed by atoms with Gasteiger partial charge in [-0.3, -0.25) is 14.9 Å². The number of carbonyl (C=O) groups excluding carboxylic acids is 1. The van der Waals surface area contributed by atoms with Gasteiger partial charge in [-0.15, -0.1) is 0 Å². The van der Waals surface area contributed by atoms with E-state index in [1.54, 1.807) is 0 Å². The van der Waals surface area contributed by atoms with E-state index in [1.807, 2.05) is 0 Å². The third-order valence-corrected chi connectivity index (χ3v) is 2.35. The van der Waals surface area contributed by atoms with Crippen LogP contribution < -0.4 is 10.1 Å². The minimum Gasteiger partial charge on any atom is -0.496 e. The Morgan fingerprint density at radius 2 is 2.26 bits per heavy atom. The lowest BCUT2D eigenvalue weighted by Gasteiger charge is -2.11. The van der Waals surface area contributed by atoms with E-state index in [2.05, 4.69) is 5.32 Å². The lowest BCUT2D eigenvalue weighted by atomic mass is 10.1. The van der Waals surface area contributed by atoms with Gasteiger partial charge in [0.2, 0.25) is 0 Å². The van der Waals surface area contributed by atoms with E-state index in [-0.39, 0.29) is 23.5 Å². The Morgan fingerprint density at radius 3 is 2.79 bits per heavy atom. The van der Waals surface area contributed by atoms with Crippen LogP contribution in [0.2, 0.25) is 0 Å². The number of benzene rings is 1. The number of aliphatic hydroxyl groups is 2. The second-order valence-electron chi connectivity index (χ2n) is 3.69. The smallest absolute Gasteiger partial charge is 0.270 e. The van der Waals surface area contributed by atoms with Crippen molar-refractivity contribution in [1.82, 2.24) is 5.32 Å². The third kappa shape index (κ3) is 3.90. The van der Waals surface area contributed by atoms with Crippen LogP contribution in [0, 0.1) is 10.1 Å². The molecule has 0 aromatic heterocycles. The van der Waals surface area contributed by atoms with Gasteiger partial charge in [-0.2, -0.15) is 0 Å². The van der Waals surface area contributed by atoms with Crippen LogP contribution in [-0.4, -0.2) is 47.4 Å². The molecule has 0 fully saturated rings. The molecule has 1 amide bonds. The van der Waals surface area contributed by atoms with Crippen LogP contribution in [0.3, 0.4) is 0 Å². The van der Waals surface area contributed by atoms with Gasteiger partial charge in [-0.05, 0) is 6.07 Å². The molecule has 3 N–H and O–H groups in total. The lowest BCUT2D eigenvalue weighted by molar-refractivity contribution is -0.384. The summed E-state index contributed by atoms with van der Waals surface area (Å²) in [5, 5.41) is 30.7. The number of nitrogens with zero attached hydrogens (tertiary/aromatic N) is 1. The van der Waals surface area contributed by atoms with E-state index >= 15 is 0 Å². The van der Waals surface area contributed by atoms with Crippen LogP contribution in [0.4, 0.5) is 5.69 Å². The third-order valence-electron chi connectivity index (χ3n) is 2.35. The molecule has 0 aliphatic rings. The molecule has 0 saturated heterocycles. The quantitative estimate of drug-likeness (QED) is 0.481. The molecule has 19 heavy (non-hydrogen) atoms. The Balaban J connectivity index is 2.93. The number of nitro groups is 1. The molecular formula is C11H14N2O6. The minimum atomic E-state index is -1.09. The van der Waals surface area contributed by atoms with Crippen LogP contribution in [0.1, 0.15) is 10.4 Å². The molecule has 8 nitrogen and oxygen atoms in total. The van der Waals surface area contributed by atoms with Gasteiger partial charge in [0.25, 0.3) is 11.6 Å². The second-order valence-corrected chi connectivity index (χ2v) is 3.69. The summed E-state index contributed by atoms with van der Waals surface area (Å²) in [6.07, 6.45) is -1.09.